The minimum absolute atomic E-state index is 0.200. The summed E-state index contributed by atoms with van der Waals surface area (Å²) in [6.45, 7) is 4.99. The molecule has 1 aromatic rings. The molecule has 0 amide bonds. The second-order valence-corrected chi connectivity index (χ2v) is 4.49. The van der Waals surface area contributed by atoms with Crippen LogP contribution in [0.5, 0.6) is 0 Å². The molecule has 1 aliphatic rings. The van der Waals surface area contributed by atoms with E-state index in [0.717, 1.165) is 0 Å². The average molecular weight is 218 g/mol. The zero-order chi connectivity index (χ0) is 11.8. The molecular weight excluding hydrogens is 204 g/mol. The van der Waals surface area contributed by atoms with Crippen LogP contribution in [0, 0.1) is 17.2 Å². The Bertz CT molecular complexity index is 432. The lowest BCUT2D eigenvalue weighted by atomic mass is 9.83. The molecule has 16 heavy (non-hydrogen) atoms. The molecule has 0 saturated carbocycles. The number of hydrogen-bond acceptors (Lipinski definition) is 5. The van der Waals surface area contributed by atoms with E-state index >= 15 is 0 Å². The fraction of sp³-hybridized carbons (Fsp3) is 0.545. The third-order valence-electron chi connectivity index (χ3n) is 3.13. The second-order valence-electron chi connectivity index (χ2n) is 4.49. The molecule has 0 aromatic carbocycles. The topological polar surface area (TPSA) is 73.0 Å². The minimum atomic E-state index is -0.662. The second kappa shape index (κ2) is 3.72. The number of nitrogens with zero attached hydrogens (tertiary/aromatic N) is 4. The quantitative estimate of drug-likeness (QED) is 0.785. The van der Waals surface area contributed by atoms with Gasteiger partial charge in [-0.25, -0.2) is 0 Å². The first kappa shape index (κ1) is 10.8. The molecule has 2 heterocycles. The van der Waals surface area contributed by atoms with E-state index < -0.39 is 5.60 Å². The minimum Gasteiger partial charge on any atom is -0.386 e. The molecule has 1 N–H and O–H groups in total. The highest BCUT2D eigenvalue weighted by Crippen LogP contribution is 2.32. The summed E-state index contributed by atoms with van der Waals surface area (Å²) in [5.41, 5.74) is -0.162. The van der Waals surface area contributed by atoms with E-state index in [-0.39, 0.29) is 5.92 Å². The first-order chi connectivity index (χ1) is 7.57. The maximum absolute atomic E-state index is 10.1. The van der Waals surface area contributed by atoms with Crippen LogP contribution in [0.15, 0.2) is 12.3 Å². The Balaban J connectivity index is 2.16. The van der Waals surface area contributed by atoms with E-state index in [4.69, 9.17) is 5.26 Å². The largest absolute Gasteiger partial charge is 0.386 e. The lowest BCUT2D eigenvalue weighted by Gasteiger charge is -2.49. The molecule has 0 aliphatic carbocycles. The van der Waals surface area contributed by atoms with Gasteiger partial charge in [0.05, 0.1) is 24.8 Å². The van der Waals surface area contributed by atoms with Crippen molar-refractivity contribution in [2.24, 2.45) is 5.92 Å². The van der Waals surface area contributed by atoms with Gasteiger partial charge in [-0.15, -0.1) is 5.10 Å². The molecule has 0 radical (unpaired) electrons. The Labute approximate surface area is 94.3 Å². The van der Waals surface area contributed by atoms with Crippen molar-refractivity contribution in [1.29, 1.82) is 5.26 Å². The van der Waals surface area contributed by atoms with E-state index in [2.05, 4.69) is 16.3 Å². The van der Waals surface area contributed by atoms with Crippen LogP contribution in [-0.2, 0) is 0 Å². The Kier molecular flexibility index (Phi) is 2.52. The number of hydrogen-bond donors (Lipinski definition) is 1. The maximum atomic E-state index is 10.1. The van der Waals surface area contributed by atoms with Crippen LogP contribution in [0.1, 0.15) is 19.4 Å². The van der Waals surface area contributed by atoms with Crippen molar-refractivity contribution < 1.29 is 5.11 Å². The van der Waals surface area contributed by atoms with E-state index in [1.54, 1.807) is 6.07 Å². The number of aromatic nitrogens is 2. The molecule has 1 aliphatic heterocycles. The summed E-state index contributed by atoms with van der Waals surface area (Å²) < 4.78 is 0. The molecule has 0 atom stereocenters. The van der Waals surface area contributed by atoms with Crippen LogP contribution in [0.2, 0.25) is 0 Å². The summed E-state index contributed by atoms with van der Waals surface area (Å²) in [7, 11) is 0. The predicted octanol–water partition coefficient (Wildman–Crippen LogP) is 0.555. The summed E-state index contributed by atoms with van der Waals surface area (Å²) in [4.78, 5) is 1.88. The number of rotatable bonds is 2. The molecule has 2 rings (SSSR count). The lowest BCUT2D eigenvalue weighted by Crippen LogP contribution is -2.65. The van der Waals surface area contributed by atoms with Gasteiger partial charge in [0.25, 0.3) is 0 Å². The van der Waals surface area contributed by atoms with E-state index in [1.165, 1.54) is 6.20 Å². The summed E-state index contributed by atoms with van der Waals surface area (Å²) in [5, 5.41) is 26.7. The Morgan fingerprint density at radius 3 is 2.81 bits per heavy atom. The lowest BCUT2D eigenvalue weighted by molar-refractivity contribution is -0.0305. The SMILES string of the molecule is CC(C)C1(O)CN(c2nnccc2C#N)C1. The van der Waals surface area contributed by atoms with Crippen LogP contribution < -0.4 is 4.90 Å². The summed E-state index contributed by atoms with van der Waals surface area (Å²) in [5.74, 6) is 0.765. The summed E-state index contributed by atoms with van der Waals surface area (Å²) in [6.07, 6.45) is 1.50. The van der Waals surface area contributed by atoms with Crippen LogP contribution in [0.4, 0.5) is 5.82 Å². The normalized spacial score (nSPS) is 18.1. The molecule has 0 unspecified atom stereocenters. The molecule has 84 valence electrons. The molecule has 1 aromatic heterocycles. The summed E-state index contributed by atoms with van der Waals surface area (Å²) in [6, 6.07) is 3.71. The highest BCUT2D eigenvalue weighted by atomic mass is 16.3. The van der Waals surface area contributed by atoms with Crippen molar-refractivity contribution in [3.8, 4) is 6.07 Å². The van der Waals surface area contributed by atoms with Crippen molar-refractivity contribution in [2.45, 2.75) is 19.4 Å². The fourth-order valence-corrected chi connectivity index (χ4v) is 1.77. The molecule has 1 fully saturated rings. The third-order valence-corrected chi connectivity index (χ3v) is 3.13. The van der Waals surface area contributed by atoms with Crippen molar-refractivity contribution in [3.63, 3.8) is 0 Å². The van der Waals surface area contributed by atoms with Gasteiger partial charge in [-0.05, 0) is 12.0 Å². The number of β-amino-alcohol motifs (C(OH)–C–C–N with tert-alkyl or cyclic N) is 1. The number of nitriles is 1. The van der Waals surface area contributed by atoms with Gasteiger partial charge in [0.2, 0.25) is 0 Å². The molecule has 1 saturated heterocycles. The van der Waals surface area contributed by atoms with Crippen LogP contribution >= 0.6 is 0 Å². The van der Waals surface area contributed by atoms with Crippen LogP contribution in [-0.4, -0.2) is 34.0 Å². The highest BCUT2D eigenvalue weighted by molar-refractivity contribution is 5.55. The van der Waals surface area contributed by atoms with Gasteiger partial charge in [-0.3, -0.25) is 0 Å². The molecule has 0 bridgehead atoms. The van der Waals surface area contributed by atoms with E-state index in [9.17, 15) is 5.11 Å². The van der Waals surface area contributed by atoms with Crippen LogP contribution in [0.25, 0.3) is 0 Å². The van der Waals surface area contributed by atoms with Crippen molar-refractivity contribution >= 4 is 5.82 Å². The van der Waals surface area contributed by atoms with Crippen molar-refractivity contribution in [2.75, 3.05) is 18.0 Å². The molecule has 5 heteroatoms. The number of aliphatic hydroxyl groups is 1. The zero-order valence-corrected chi connectivity index (χ0v) is 9.38. The number of anilines is 1. The van der Waals surface area contributed by atoms with E-state index in [1.807, 2.05) is 18.7 Å². The third kappa shape index (κ3) is 1.61. The molecule has 5 nitrogen and oxygen atoms in total. The Morgan fingerprint density at radius 1 is 1.56 bits per heavy atom. The highest BCUT2D eigenvalue weighted by Gasteiger charge is 2.44. The predicted molar refractivity (Wildman–Crippen MR) is 58.7 cm³/mol. The van der Waals surface area contributed by atoms with Crippen molar-refractivity contribution in [1.82, 2.24) is 10.2 Å². The molecular formula is C11H14N4O. The summed E-state index contributed by atoms with van der Waals surface area (Å²) >= 11 is 0. The van der Waals surface area contributed by atoms with Crippen LogP contribution in [0.3, 0.4) is 0 Å². The van der Waals surface area contributed by atoms with Gasteiger partial charge >= 0.3 is 0 Å². The Hall–Kier alpha value is -1.67. The standard InChI is InChI=1S/C11H14N4O/c1-8(2)11(16)6-15(7-11)10-9(5-12)3-4-13-14-10/h3-4,8,16H,6-7H2,1-2H3. The smallest absolute Gasteiger partial charge is 0.169 e. The first-order valence-corrected chi connectivity index (χ1v) is 5.26. The first-order valence-electron chi connectivity index (χ1n) is 5.26. The fourth-order valence-electron chi connectivity index (χ4n) is 1.77. The van der Waals surface area contributed by atoms with Gasteiger partial charge in [0, 0.05) is 0 Å². The molecule has 0 spiro atoms. The van der Waals surface area contributed by atoms with Gasteiger partial charge in [0.15, 0.2) is 5.82 Å². The van der Waals surface area contributed by atoms with Gasteiger partial charge in [0.1, 0.15) is 11.7 Å². The average Bonchev–Trinajstić information content (AvgIpc) is 2.24. The van der Waals surface area contributed by atoms with E-state index in [0.29, 0.717) is 24.5 Å². The van der Waals surface area contributed by atoms with Gasteiger partial charge in [-0.1, -0.05) is 13.8 Å². The van der Waals surface area contributed by atoms with Crippen molar-refractivity contribution in [3.05, 3.63) is 17.8 Å². The van der Waals surface area contributed by atoms with Gasteiger partial charge < -0.3 is 10.0 Å². The Morgan fingerprint density at radius 2 is 2.25 bits per heavy atom. The maximum Gasteiger partial charge on any atom is 0.169 e. The monoisotopic (exact) mass is 218 g/mol. The zero-order valence-electron chi connectivity index (χ0n) is 9.38. The van der Waals surface area contributed by atoms with Gasteiger partial charge in [-0.2, -0.15) is 10.4 Å².